The van der Waals surface area contributed by atoms with Crippen LogP contribution in [0.15, 0.2) is 23.4 Å². The first-order valence-corrected chi connectivity index (χ1v) is 8.28. The molecule has 1 heterocycles. The normalized spacial score (nSPS) is 16.5. The molecule has 1 N–H and O–H groups in total. The molecule has 5 nitrogen and oxygen atoms in total. The number of benzene rings is 1. The maximum Gasteiger partial charge on any atom is 0.222 e. The largest absolute Gasteiger partial charge is 0.399 e. The Labute approximate surface area is 145 Å². The number of rotatable bonds is 5. The molecule has 1 amide bonds. The van der Waals surface area contributed by atoms with Gasteiger partial charge >= 0.3 is 0 Å². The smallest absolute Gasteiger partial charge is 0.222 e. The standard InChI is InChI=1S/C16H20Cl2N2O3/c1-23-19-15(11-2-3-13(17)14(18)10-11)4-5-16(22)20-8-6-12(21)7-9-20/h2-3,10,12,21H,4-9H2,1H3. The van der Waals surface area contributed by atoms with Crippen LogP contribution in [0.5, 0.6) is 0 Å². The molecule has 23 heavy (non-hydrogen) atoms. The molecule has 1 fully saturated rings. The molecule has 1 aliphatic rings. The number of oxime groups is 1. The number of likely N-dealkylation sites (tertiary alicyclic amines) is 1. The molecule has 1 aromatic rings. The molecule has 0 aromatic heterocycles. The molecule has 1 aromatic carbocycles. The molecule has 0 aliphatic carbocycles. The first-order chi connectivity index (χ1) is 11.0. The summed E-state index contributed by atoms with van der Waals surface area (Å²) in [5.41, 5.74) is 1.43. The highest BCUT2D eigenvalue weighted by Gasteiger charge is 2.21. The van der Waals surface area contributed by atoms with Gasteiger partial charge in [0.15, 0.2) is 0 Å². The van der Waals surface area contributed by atoms with Crippen molar-refractivity contribution < 1.29 is 14.7 Å². The van der Waals surface area contributed by atoms with Crippen molar-refractivity contribution in [3.63, 3.8) is 0 Å². The van der Waals surface area contributed by atoms with Crippen molar-refractivity contribution in [2.24, 2.45) is 5.16 Å². The molecule has 0 unspecified atom stereocenters. The van der Waals surface area contributed by atoms with Crippen LogP contribution < -0.4 is 0 Å². The third kappa shape index (κ3) is 5.09. The Bertz CT molecular complexity index is 585. The number of hydrogen-bond donors (Lipinski definition) is 1. The van der Waals surface area contributed by atoms with E-state index in [2.05, 4.69) is 5.16 Å². The zero-order chi connectivity index (χ0) is 16.8. The number of halogens is 2. The lowest BCUT2D eigenvalue weighted by Gasteiger charge is -2.29. The van der Waals surface area contributed by atoms with Crippen LogP contribution in [0, 0.1) is 0 Å². The average Bonchev–Trinajstić information content (AvgIpc) is 2.54. The van der Waals surface area contributed by atoms with E-state index in [-0.39, 0.29) is 12.0 Å². The Morgan fingerprint density at radius 3 is 2.61 bits per heavy atom. The van der Waals surface area contributed by atoms with Gasteiger partial charge in [-0.05, 0) is 25.0 Å². The highest BCUT2D eigenvalue weighted by molar-refractivity contribution is 6.42. The molecule has 7 heteroatoms. The fourth-order valence-corrected chi connectivity index (χ4v) is 2.83. The van der Waals surface area contributed by atoms with Gasteiger partial charge in [0.2, 0.25) is 5.91 Å². The molecule has 2 rings (SSSR count). The van der Waals surface area contributed by atoms with Gasteiger partial charge in [-0.15, -0.1) is 0 Å². The van der Waals surface area contributed by atoms with Crippen LogP contribution in [0.3, 0.4) is 0 Å². The van der Waals surface area contributed by atoms with Crippen LogP contribution in [0.25, 0.3) is 0 Å². The summed E-state index contributed by atoms with van der Waals surface area (Å²) in [6, 6.07) is 5.20. The second-order valence-electron chi connectivity index (χ2n) is 5.46. The summed E-state index contributed by atoms with van der Waals surface area (Å²) in [6.45, 7) is 1.20. The van der Waals surface area contributed by atoms with Gasteiger partial charge in [-0.3, -0.25) is 4.79 Å². The zero-order valence-electron chi connectivity index (χ0n) is 13.0. The van der Waals surface area contributed by atoms with Gasteiger partial charge in [-0.2, -0.15) is 0 Å². The average molecular weight is 359 g/mol. The third-order valence-corrected chi connectivity index (χ3v) is 4.59. The predicted molar refractivity (Wildman–Crippen MR) is 91.1 cm³/mol. The van der Waals surface area contributed by atoms with E-state index in [0.29, 0.717) is 54.5 Å². The van der Waals surface area contributed by atoms with Gasteiger partial charge in [0.05, 0.1) is 21.9 Å². The molecule has 0 radical (unpaired) electrons. The first kappa shape index (κ1) is 18.0. The lowest BCUT2D eigenvalue weighted by molar-refractivity contribution is -0.133. The van der Waals surface area contributed by atoms with Gasteiger partial charge in [0, 0.05) is 31.5 Å². The number of carbonyl (C=O) groups excluding carboxylic acids is 1. The Morgan fingerprint density at radius 1 is 1.30 bits per heavy atom. The maximum atomic E-state index is 12.3. The van der Waals surface area contributed by atoms with Crippen molar-refractivity contribution in [3.05, 3.63) is 33.8 Å². The fraction of sp³-hybridized carbons (Fsp3) is 0.500. The number of amides is 1. The number of aliphatic hydroxyl groups excluding tert-OH is 1. The van der Waals surface area contributed by atoms with Crippen LogP contribution in [0.2, 0.25) is 10.0 Å². The quantitative estimate of drug-likeness (QED) is 0.649. The van der Waals surface area contributed by atoms with Crippen LogP contribution in [0.4, 0.5) is 0 Å². The minimum Gasteiger partial charge on any atom is -0.399 e. The van der Waals surface area contributed by atoms with Crippen molar-refractivity contribution >= 4 is 34.8 Å². The van der Waals surface area contributed by atoms with Crippen LogP contribution in [-0.2, 0) is 9.63 Å². The topological polar surface area (TPSA) is 62.1 Å². The summed E-state index contributed by atoms with van der Waals surface area (Å²) in [5.74, 6) is 0.0563. The van der Waals surface area contributed by atoms with Gasteiger partial charge in [-0.25, -0.2) is 0 Å². The van der Waals surface area contributed by atoms with Crippen molar-refractivity contribution in [1.29, 1.82) is 0 Å². The highest BCUT2D eigenvalue weighted by atomic mass is 35.5. The lowest BCUT2D eigenvalue weighted by atomic mass is 10.0. The second kappa shape index (κ2) is 8.52. The van der Waals surface area contributed by atoms with Crippen molar-refractivity contribution in [2.75, 3.05) is 20.2 Å². The summed E-state index contributed by atoms with van der Waals surface area (Å²) >= 11 is 11.9. The molecule has 1 saturated heterocycles. The van der Waals surface area contributed by atoms with Gasteiger partial charge in [-0.1, -0.05) is 34.4 Å². The summed E-state index contributed by atoms with van der Waals surface area (Å²) in [5, 5.41) is 14.4. The van der Waals surface area contributed by atoms with Crippen LogP contribution in [0.1, 0.15) is 31.2 Å². The molecule has 0 spiro atoms. The number of hydrogen-bond acceptors (Lipinski definition) is 4. The third-order valence-electron chi connectivity index (χ3n) is 3.85. The van der Waals surface area contributed by atoms with E-state index in [0.717, 1.165) is 5.56 Å². The van der Waals surface area contributed by atoms with E-state index in [1.165, 1.54) is 7.11 Å². The highest BCUT2D eigenvalue weighted by Crippen LogP contribution is 2.24. The fourth-order valence-electron chi connectivity index (χ4n) is 2.53. The number of nitrogens with zero attached hydrogens (tertiary/aromatic N) is 2. The predicted octanol–water partition coefficient (Wildman–Crippen LogP) is 3.11. The van der Waals surface area contributed by atoms with E-state index >= 15 is 0 Å². The van der Waals surface area contributed by atoms with E-state index in [4.69, 9.17) is 28.0 Å². The minimum atomic E-state index is -0.291. The Hall–Kier alpha value is -1.30. The van der Waals surface area contributed by atoms with Crippen molar-refractivity contribution in [1.82, 2.24) is 4.90 Å². The number of aliphatic hydroxyl groups is 1. The Balaban J connectivity index is 1.98. The molecule has 0 saturated carbocycles. The molecule has 126 valence electrons. The van der Waals surface area contributed by atoms with Crippen molar-refractivity contribution in [3.8, 4) is 0 Å². The van der Waals surface area contributed by atoms with E-state index in [1.807, 2.05) is 0 Å². The van der Waals surface area contributed by atoms with E-state index in [9.17, 15) is 9.90 Å². The molecular formula is C16H20Cl2N2O3. The van der Waals surface area contributed by atoms with Gasteiger partial charge in [0.1, 0.15) is 7.11 Å². The Kier molecular flexibility index (Phi) is 6.69. The molecular weight excluding hydrogens is 339 g/mol. The minimum absolute atomic E-state index is 0.0563. The Morgan fingerprint density at radius 2 is 2.00 bits per heavy atom. The summed E-state index contributed by atoms with van der Waals surface area (Å²) in [7, 11) is 1.46. The number of carbonyl (C=O) groups is 1. The molecule has 0 bridgehead atoms. The SMILES string of the molecule is CON=C(CCC(=O)N1CCC(O)CC1)c1ccc(Cl)c(Cl)c1. The van der Waals surface area contributed by atoms with Crippen LogP contribution in [-0.4, -0.2) is 47.9 Å². The van der Waals surface area contributed by atoms with E-state index < -0.39 is 0 Å². The van der Waals surface area contributed by atoms with Crippen LogP contribution >= 0.6 is 23.2 Å². The van der Waals surface area contributed by atoms with Gasteiger partial charge in [0.25, 0.3) is 0 Å². The summed E-state index contributed by atoms with van der Waals surface area (Å²) in [6.07, 6.45) is 1.76. The summed E-state index contributed by atoms with van der Waals surface area (Å²) in [4.78, 5) is 18.9. The maximum absolute atomic E-state index is 12.3. The summed E-state index contributed by atoms with van der Waals surface area (Å²) < 4.78 is 0. The lowest BCUT2D eigenvalue weighted by Crippen LogP contribution is -2.40. The monoisotopic (exact) mass is 358 g/mol. The molecule has 1 aliphatic heterocycles. The first-order valence-electron chi connectivity index (χ1n) is 7.52. The number of piperidine rings is 1. The zero-order valence-corrected chi connectivity index (χ0v) is 14.5. The van der Waals surface area contributed by atoms with Gasteiger partial charge < -0.3 is 14.8 Å². The van der Waals surface area contributed by atoms with Crippen molar-refractivity contribution in [2.45, 2.75) is 31.8 Å². The second-order valence-corrected chi connectivity index (χ2v) is 6.28. The molecule has 0 atom stereocenters. The van der Waals surface area contributed by atoms with E-state index in [1.54, 1.807) is 23.1 Å².